The minimum atomic E-state index is -0.758. The van der Waals surface area contributed by atoms with E-state index in [1.165, 1.54) is 31.2 Å². The van der Waals surface area contributed by atoms with Crippen molar-refractivity contribution in [3.63, 3.8) is 0 Å². The molecule has 0 aliphatic rings. The molecule has 0 spiro atoms. The Balaban J connectivity index is 2.20. The third-order valence-corrected chi connectivity index (χ3v) is 3.40. The van der Waals surface area contributed by atoms with Gasteiger partial charge in [0.15, 0.2) is 5.02 Å². The van der Waals surface area contributed by atoms with Gasteiger partial charge >= 0.3 is 5.82 Å². The van der Waals surface area contributed by atoms with Gasteiger partial charge in [-0.05, 0) is 17.9 Å². The summed E-state index contributed by atoms with van der Waals surface area (Å²) in [7, 11) is 0. The Morgan fingerprint density at radius 3 is 2.52 bits per heavy atom. The SMILES string of the molecule is Cc1c(Cl)c([N+](=O)[O-])nn1CC(=O)Nc1ccccc1[N+](=O)[O-]. The van der Waals surface area contributed by atoms with Crippen molar-refractivity contribution in [1.29, 1.82) is 0 Å². The van der Waals surface area contributed by atoms with E-state index >= 15 is 0 Å². The van der Waals surface area contributed by atoms with Crippen molar-refractivity contribution in [2.45, 2.75) is 13.5 Å². The summed E-state index contributed by atoms with van der Waals surface area (Å²) in [5.41, 5.74) is 0.00559. The van der Waals surface area contributed by atoms with Crippen LogP contribution in [0.1, 0.15) is 5.69 Å². The second-order valence-electron chi connectivity index (χ2n) is 4.46. The van der Waals surface area contributed by atoms with E-state index in [0.717, 1.165) is 4.68 Å². The number of nitrogens with one attached hydrogen (secondary N) is 1. The van der Waals surface area contributed by atoms with Gasteiger partial charge in [-0.2, -0.15) is 4.68 Å². The highest BCUT2D eigenvalue weighted by molar-refractivity contribution is 6.33. The highest BCUT2D eigenvalue weighted by Crippen LogP contribution is 2.27. The number of nitro groups is 2. The lowest BCUT2D eigenvalue weighted by Gasteiger charge is -2.05. The van der Waals surface area contributed by atoms with Gasteiger partial charge in [-0.3, -0.25) is 14.9 Å². The molecule has 2 rings (SSSR count). The van der Waals surface area contributed by atoms with E-state index in [0.29, 0.717) is 0 Å². The van der Waals surface area contributed by atoms with Gasteiger partial charge < -0.3 is 15.4 Å². The number of benzene rings is 1. The maximum atomic E-state index is 12.0. The molecule has 0 aliphatic carbocycles. The fourth-order valence-corrected chi connectivity index (χ4v) is 2.05. The molecule has 1 N–H and O–H groups in total. The second-order valence-corrected chi connectivity index (χ2v) is 4.84. The molecule has 1 heterocycles. The molecule has 0 saturated heterocycles. The van der Waals surface area contributed by atoms with E-state index in [1.54, 1.807) is 0 Å². The number of aromatic nitrogens is 2. The van der Waals surface area contributed by atoms with Crippen LogP contribution in [0.15, 0.2) is 24.3 Å². The number of para-hydroxylation sites is 2. The lowest BCUT2D eigenvalue weighted by Crippen LogP contribution is -2.20. The number of carbonyl (C=O) groups is 1. The first-order chi connectivity index (χ1) is 10.8. The number of nitrogens with zero attached hydrogens (tertiary/aromatic N) is 4. The van der Waals surface area contributed by atoms with Crippen LogP contribution >= 0.6 is 11.6 Å². The summed E-state index contributed by atoms with van der Waals surface area (Å²) in [6.45, 7) is 1.10. The minimum Gasteiger partial charge on any atom is -0.358 e. The van der Waals surface area contributed by atoms with E-state index in [9.17, 15) is 25.0 Å². The van der Waals surface area contributed by atoms with Crippen molar-refractivity contribution in [3.05, 3.63) is 55.2 Å². The quantitative estimate of drug-likeness (QED) is 0.656. The summed E-state index contributed by atoms with van der Waals surface area (Å²) < 4.78 is 1.06. The topological polar surface area (TPSA) is 133 Å². The zero-order chi connectivity index (χ0) is 17.1. The lowest BCUT2D eigenvalue weighted by atomic mass is 10.2. The molecular weight excluding hydrogens is 330 g/mol. The molecule has 10 nitrogen and oxygen atoms in total. The Morgan fingerprint density at radius 1 is 1.30 bits per heavy atom. The van der Waals surface area contributed by atoms with Crippen LogP contribution in [-0.4, -0.2) is 25.5 Å². The van der Waals surface area contributed by atoms with Gasteiger partial charge in [-0.15, -0.1) is 0 Å². The third-order valence-electron chi connectivity index (χ3n) is 2.96. The lowest BCUT2D eigenvalue weighted by molar-refractivity contribution is -0.389. The predicted octanol–water partition coefficient (Wildman–Crippen LogP) is 2.30. The van der Waals surface area contributed by atoms with Gasteiger partial charge in [0.1, 0.15) is 12.2 Å². The molecule has 23 heavy (non-hydrogen) atoms. The number of amides is 1. The van der Waals surface area contributed by atoms with E-state index in [1.807, 2.05) is 0 Å². The fraction of sp³-hybridized carbons (Fsp3) is 0.167. The van der Waals surface area contributed by atoms with Gasteiger partial charge in [0.2, 0.25) is 5.91 Å². The Labute approximate surface area is 134 Å². The van der Waals surface area contributed by atoms with Crippen LogP contribution in [0.3, 0.4) is 0 Å². The maximum absolute atomic E-state index is 12.0. The normalized spacial score (nSPS) is 10.3. The summed E-state index contributed by atoms with van der Waals surface area (Å²) in [5.74, 6) is -1.18. The van der Waals surface area contributed by atoms with Crippen LogP contribution in [0, 0.1) is 27.2 Å². The molecule has 1 aromatic carbocycles. The summed E-state index contributed by atoms with van der Waals surface area (Å²) in [5, 5.41) is 27.5. The maximum Gasteiger partial charge on any atom is 0.408 e. The monoisotopic (exact) mass is 339 g/mol. The van der Waals surface area contributed by atoms with Gasteiger partial charge in [-0.25, -0.2) is 0 Å². The zero-order valence-corrected chi connectivity index (χ0v) is 12.5. The Morgan fingerprint density at radius 2 is 1.96 bits per heavy atom. The van der Waals surface area contributed by atoms with E-state index in [2.05, 4.69) is 10.4 Å². The molecule has 0 atom stereocenters. The second kappa shape index (κ2) is 6.40. The van der Waals surface area contributed by atoms with Crippen LogP contribution in [0.25, 0.3) is 0 Å². The Kier molecular flexibility index (Phi) is 4.55. The number of anilines is 1. The van der Waals surface area contributed by atoms with Crippen LogP contribution in [0.4, 0.5) is 17.2 Å². The molecule has 1 amide bonds. The fourth-order valence-electron chi connectivity index (χ4n) is 1.84. The highest BCUT2D eigenvalue weighted by Gasteiger charge is 2.25. The van der Waals surface area contributed by atoms with Crippen molar-refractivity contribution in [1.82, 2.24) is 9.78 Å². The largest absolute Gasteiger partial charge is 0.408 e. The van der Waals surface area contributed by atoms with E-state index < -0.39 is 21.6 Å². The Hall–Kier alpha value is -3.01. The standard InChI is InChI=1S/C12H10ClN5O5/c1-7-11(13)12(18(22)23)15-16(7)6-10(19)14-8-4-2-3-5-9(8)17(20)21/h2-5H,6H2,1H3,(H,14,19). The number of hydrogen-bond donors (Lipinski definition) is 1. The molecule has 0 radical (unpaired) electrons. The summed E-state index contributed by atoms with van der Waals surface area (Å²) in [6, 6.07) is 5.62. The van der Waals surface area contributed by atoms with Crippen molar-refractivity contribution >= 4 is 34.7 Å². The number of nitro benzene ring substituents is 1. The molecular formula is C12H10ClN5O5. The average molecular weight is 340 g/mol. The molecule has 120 valence electrons. The van der Waals surface area contributed by atoms with E-state index in [-0.39, 0.29) is 28.6 Å². The predicted molar refractivity (Wildman–Crippen MR) is 80.4 cm³/mol. The third kappa shape index (κ3) is 3.43. The van der Waals surface area contributed by atoms with Crippen molar-refractivity contribution in [3.8, 4) is 0 Å². The molecule has 0 bridgehead atoms. The summed E-state index contributed by atoms with van der Waals surface area (Å²) in [6.07, 6.45) is 0. The number of carbonyl (C=O) groups excluding carboxylic acids is 1. The van der Waals surface area contributed by atoms with Crippen molar-refractivity contribution in [2.75, 3.05) is 5.32 Å². The first-order valence-electron chi connectivity index (χ1n) is 6.21. The van der Waals surface area contributed by atoms with Gasteiger partial charge in [0.25, 0.3) is 5.69 Å². The van der Waals surface area contributed by atoms with Crippen molar-refractivity contribution in [2.24, 2.45) is 0 Å². The average Bonchev–Trinajstić information content (AvgIpc) is 2.76. The molecule has 0 aliphatic heterocycles. The highest BCUT2D eigenvalue weighted by atomic mass is 35.5. The first-order valence-corrected chi connectivity index (χ1v) is 6.59. The van der Waals surface area contributed by atoms with Crippen LogP contribution in [-0.2, 0) is 11.3 Å². The smallest absolute Gasteiger partial charge is 0.358 e. The summed E-state index contributed by atoms with van der Waals surface area (Å²) >= 11 is 5.77. The van der Waals surface area contributed by atoms with Gasteiger partial charge in [0.05, 0.1) is 15.7 Å². The van der Waals surface area contributed by atoms with Crippen LogP contribution in [0.5, 0.6) is 0 Å². The summed E-state index contributed by atoms with van der Waals surface area (Å²) in [4.78, 5) is 32.2. The minimum absolute atomic E-state index is 0.0212. The zero-order valence-electron chi connectivity index (χ0n) is 11.7. The molecule has 0 unspecified atom stereocenters. The van der Waals surface area contributed by atoms with Gasteiger partial charge in [-0.1, -0.05) is 23.7 Å². The Bertz CT molecular complexity index is 803. The van der Waals surface area contributed by atoms with Crippen LogP contribution < -0.4 is 5.32 Å². The number of rotatable bonds is 5. The van der Waals surface area contributed by atoms with E-state index in [4.69, 9.17) is 11.6 Å². The van der Waals surface area contributed by atoms with Crippen molar-refractivity contribution < 1.29 is 14.6 Å². The molecule has 2 aromatic rings. The van der Waals surface area contributed by atoms with Crippen LogP contribution in [0.2, 0.25) is 5.02 Å². The number of hydrogen-bond acceptors (Lipinski definition) is 6. The van der Waals surface area contributed by atoms with Gasteiger partial charge in [0, 0.05) is 6.07 Å². The molecule has 0 saturated carbocycles. The first kappa shape index (κ1) is 16.4. The molecule has 11 heteroatoms. The molecule has 0 fully saturated rings. The molecule has 1 aromatic heterocycles. The number of halogens is 1.